The van der Waals surface area contributed by atoms with Gasteiger partial charge in [0.15, 0.2) is 0 Å². The van der Waals surface area contributed by atoms with Gasteiger partial charge in [-0.05, 0) is 32.8 Å². The molecule has 0 aliphatic heterocycles. The van der Waals surface area contributed by atoms with Crippen LogP contribution < -0.4 is 10.6 Å². The van der Waals surface area contributed by atoms with E-state index < -0.39 is 33.9 Å². The summed E-state index contributed by atoms with van der Waals surface area (Å²) in [6.07, 6.45) is -0.198. The van der Waals surface area contributed by atoms with Crippen molar-refractivity contribution in [1.82, 2.24) is 10.6 Å². The maximum Gasteiger partial charge on any atom is 0.407 e. The minimum Gasteiger partial charge on any atom is -0.445 e. The predicted octanol–water partition coefficient (Wildman–Crippen LogP) is 2.17. The normalized spacial score (nSPS) is 12.7. The van der Waals surface area contributed by atoms with Gasteiger partial charge in [-0.3, -0.25) is 4.18 Å². The largest absolute Gasteiger partial charge is 0.445 e. The van der Waals surface area contributed by atoms with Crippen LogP contribution >= 0.6 is 0 Å². The second-order valence-corrected chi connectivity index (χ2v) is 8.75. The average molecular weight is 416 g/mol. The third-order valence-electron chi connectivity index (χ3n) is 3.18. The van der Waals surface area contributed by atoms with E-state index in [9.17, 15) is 18.0 Å². The van der Waals surface area contributed by atoms with Gasteiger partial charge in [-0.15, -0.1) is 0 Å². The number of carbonyl (C=O) groups is 2. The monoisotopic (exact) mass is 416 g/mol. The third-order valence-corrected chi connectivity index (χ3v) is 3.74. The predicted molar refractivity (Wildman–Crippen MR) is 103 cm³/mol. The van der Waals surface area contributed by atoms with Gasteiger partial charge in [0, 0.05) is 6.54 Å². The summed E-state index contributed by atoms with van der Waals surface area (Å²) >= 11 is 0. The fourth-order valence-corrected chi connectivity index (χ4v) is 2.41. The molecule has 0 bridgehead atoms. The number of ether oxygens (including phenoxy) is 2. The van der Waals surface area contributed by atoms with Gasteiger partial charge in [0.25, 0.3) is 10.1 Å². The molecule has 10 heteroatoms. The van der Waals surface area contributed by atoms with Crippen molar-refractivity contribution >= 4 is 22.3 Å². The number of rotatable bonds is 9. The number of hydrogen-bond acceptors (Lipinski definition) is 7. The summed E-state index contributed by atoms with van der Waals surface area (Å²) < 4.78 is 37.4. The Morgan fingerprint density at radius 1 is 1.11 bits per heavy atom. The highest BCUT2D eigenvalue weighted by atomic mass is 32.2. The molecule has 0 fully saturated rings. The molecule has 158 valence electrons. The minimum atomic E-state index is -3.68. The lowest BCUT2D eigenvalue weighted by Crippen LogP contribution is -2.42. The van der Waals surface area contributed by atoms with E-state index in [1.165, 1.54) is 0 Å². The van der Waals surface area contributed by atoms with Gasteiger partial charge < -0.3 is 20.1 Å². The van der Waals surface area contributed by atoms with Crippen molar-refractivity contribution < 1.29 is 31.7 Å². The summed E-state index contributed by atoms with van der Waals surface area (Å²) in [4.78, 5) is 23.7. The van der Waals surface area contributed by atoms with Crippen molar-refractivity contribution in [3.05, 3.63) is 35.9 Å². The van der Waals surface area contributed by atoms with Crippen LogP contribution in [0, 0.1) is 0 Å². The smallest absolute Gasteiger partial charge is 0.407 e. The first kappa shape index (κ1) is 23.7. The Balaban J connectivity index is 2.51. The van der Waals surface area contributed by atoms with Crippen molar-refractivity contribution in [2.24, 2.45) is 0 Å². The van der Waals surface area contributed by atoms with Crippen molar-refractivity contribution in [2.45, 2.75) is 45.4 Å². The van der Waals surface area contributed by atoms with Crippen LogP contribution in [0.15, 0.2) is 30.3 Å². The Morgan fingerprint density at radius 3 is 2.32 bits per heavy atom. The van der Waals surface area contributed by atoms with E-state index in [0.717, 1.165) is 11.8 Å². The second-order valence-electron chi connectivity index (χ2n) is 7.11. The SMILES string of the molecule is CC(C)(C)OC(=O)NCC[C@@H](COS(C)(=O)=O)NC(=O)OCc1ccccc1. The van der Waals surface area contributed by atoms with E-state index in [4.69, 9.17) is 13.7 Å². The van der Waals surface area contributed by atoms with Crippen LogP contribution in [0.3, 0.4) is 0 Å². The molecule has 0 unspecified atom stereocenters. The van der Waals surface area contributed by atoms with Gasteiger partial charge in [-0.25, -0.2) is 9.59 Å². The van der Waals surface area contributed by atoms with E-state index in [1.54, 1.807) is 20.8 Å². The van der Waals surface area contributed by atoms with Crippen molar-refractivity contribution in [1.29, 1.82) is 0 Å². The lowest BCUT2D eigenvalue weighted by molar-refractivity contribution is 0.0524. The van der Waals surface area contributed by atoms with Crippen LogP contribution in [0.1, 0.15) is 32.8 Å². The Morgan fingerprint density at radius 2 is 1.75 bits per heavy atom. The van der Waals surface area contributed by atoms with Gasteiger partial charge in [0.1, 0.15) is 12.2 Å². The topological polar surface area (TPSA) is 120 Å². The molecule has 0 saturated carbocycles. The van der Waals surface area contributed by atoms with E-state index in [-0.39, 0.29) is 26.2 Å². The molecule has 0 aromatic heterocycles. The molecule has 0 radical (unpaired) electrons. The number of alkyl carbamates (subject to hydrolysis) is 2. The summed E-state index contributed by atoms with van der Waals surface area (Å²) in [5.41, 5.74) is 0.177. The van der Waals surface area contributed by atoms with E-state index in [0.29, 0.717) is 0 Å². The molecule has 0 aliphatic carbocycles. The van der Waals surface area contributed by atoms with Crippen LogP contribution in [-0.2, 0) is 30.4 Å². The molecular weight excluding hydrogens is 388 g/mol. The van der Waals surface area contributed by atoms with Crippen LogP contribution in [0.5, 0.6) is 0 Å². The molecular formula is C18H28N2O7S. The molecule has 0 heterocycles. The average Bonchev–Trinajstić information content (AvgIpc) is 2.56. The first-order chi connectivity index (χ1) is 12.9. The summed E-state index contributed by atoms with van der Waals surface area (Å²) in [7, 11) is -3.68. The number of hydrogen-bond donors (Lipinski definition) is 2. The van der Waals surface area contributed by atoms with Crippen molar-refractivity contribution in [3.63, 3.8) is 0 Å². The van der Waals surface area contributed by atoms with E-state index in [2.05, 4.69) is 10.6 Å². The lowest BCUT2D eigenvalue weighted by atomic mass is 10.2. The van der Waals surface area contributed by atoms with Crippen LogP contribution in [-0.4, -0.2) is 51.7 Å². The van der Waals surface area contributed by atoms with Gasteiger partial charge in [0.2, 0.25) is 0 Å². The highest BCUT2D eigenvalue weighted by Gasteiger charge is 2.19. The fraction of sp³-hybridized carbons (Fsp3) is 0.556. The molecule has 0 aliphatic rings. The minimum absolute atomic E-state index is 0.0719. The Kier molecular flexibility index (Phi) is 9.20. The first-order valence-electron chi connectivity index (χ1n) is 8.73. The van der Waals surface area contributed by atoms with Crippen LogP contribution in [0.25, 0.3) is 0 Å². The molecule has 28 heavy (non-hydrogen) atoms. The Hall–Kier alpha value is -2.33. The van der Waals surface area contributed by atoms with E-state index >= 15 is 0 Å². The van der Waals surface area contributed by atoms with Crippen molar-refractivity contribution in [3.8, 4) is 0 Å². The van der Waals surface area contributed by atoms with Gasteiger partial charge in [-0.1, -0.05) is 30.3 Å². The standard InChI is InChI=1S/C18H28N2O7S/c1-18(2,3)27-16(21)19-11-10-15(13-26-28(4,23)24)20-17(22)25-12-14-8-6-5-7-9-14/h5-9,15H,10-13H2,1-4H3,(H,19,21)(H,20,22)/t15-/m0/s1. The Labute approximate surface area is 165 Å². The molecule has 2 amide bonds. The van der Waals surface area contributed by atoms with Gasteiger partial charge in [0.05, 0.1) is 18.9 Å². The summed E-state index contributed by atoms with van der Waals surface area (Å²) in [6, 6.07) is 8.42. The molecule has 2 N–H and O–H groups in total. The number of carbonyl (C=O) groups excluding carboxylic acids is 2. The second kappa shape index (κ2) is 10.9. The van der Waals surface area contributed by atoms with E-state index in [1.807, 2.05) is 30.3 Å². The molecule has 1 aromatic rings. The summed E-state index contributed by atoms with van der Waals surface area (Å²) in [5, 5.41) is 5.08. The molecule has 0 spiro atoms. The van der Waals surface area contributed by atoms with Crippen LogP contribution in [0.4, 0.5) is 9.59 Å². The lowest BCUT2D eigenvalue weighted by Gasteiger charge is -2.21. The highest BCUT2D eigenvalue weighted by molar-refractivity contribution is 7.85. The zero-order chi connectivity index (χ0) is 21.2. The first-order valence-corrected chi connectivity index (χ1v) is 10.5. The molecule has 1 rings (SSSR count). The zero-order valence-electron chi connectivity index (χ0n) is 16.6. The number of amides is 2. The Bertz CT molecular complexity index is 730. The highest BCUT2D eigenvalue weighted by Crippen LogP contribution is 2.07. The van der Waals surface area contributed by atoms with Gasteiger partial charge >= 0.3 is 12.2 Å². The number of nitrogens with one attached hydrogen (secondary N) is 2. The van der Waals surface area contributed by atoms with Gasteiger partial charge in [-0.2, -0.15) is 8.42 Å². The third kappa shape index (κ3) is 12.1. The molecule has 0 saturated heterocycles. The summed E-state index contributed by atoms with van der Waals surface area (Å²) in [6.45, 7) is 5.14. The summed E-state index contributed by atoms with van der Waals surface area (Å²) in [5.74, 6) is 0. The van der Waals surface area contributed by atoms with Crippen LogP contribution in [0.2, 0.25) is 0 Å². The zero-order valence-corrected chi connectivity index (χ0v) is 17.4. The molecule has 9 nitrogen and oxygen atoms in total. The van der Waals surface area contributed by atoms with Crippen molar-refractivity contribution in [2.75, 3.05) is 19.4 Å². The maximum absolute atomic E-state index is 12.0. The number of benzene rings is 1. The molecule has 1 aromatic carbocycles. The maximum atomic E-state index is 12.0. The molecule has 1 atom stereocenters. The fourth-order valence-electron chi connectivity index (χ4n) is 2.00. The quantitative estimate of drug-likeness (QED) is 0.592.